The molecule has 0 rings (SSSR count). The van der Waals surface area contributed by atoms with Gasteiger partial charge in [0.15, 0.2) is 12.2 Å². The van der Waals surface area contributed by atoms with Crippen molar-refractivity contribution >= 4 is 11.8 Å². The predicted octanol–water partition coefficient (Wildman–Crippen LogP) is 0.999. The molecule has 2 N–H and O–H groups in total. The van der Waals surface area contributed by atoms with Crippen molar-refractivity contribution < 1.29 is 19.8 Å². The van der Waals surface area contributed by atoms with E-state index in [1.807, 2.05) is 55.4 Å². The van der Waals surface area contributed by atoms with Gasteiger partial charge in [0, 0.05) is 24.2 Å². The topological polar surface area (TPSA) is 81.1 Å². The van der Waals surface area contributed by atoms with Crippen LogP contribution in [-0.2, 0) is 9.59 Å². The second-order valence-corrected chi connectivity index (χ2v) is 6.76. The fourth-order valence-corrected chi connectivity index (χ4v) is 2.79. The summed E-state index contributed by atoms with van der Waals surface area (Å²) < 4.78 is 0. The molecule has 0 saturated carbocycles. The quantitative estimate of drug-likeness (QED) is 0.734. The van der Waals surface area contributed by atoms with Crippen molar-refractivity contribution in [2.75, 3.05) is 0 Å². The van der Waals surface area contributed by atoms with Crippen LogP contribution >= 0.6 is 0 Å². The van der Waals surface area contributed by atoms with E-state index >= 15 is 0 Å². The average Bonchev–Trinajstić information content (AvgIpc) is 2.34. The molecular weight excluding hydrogens is 284 g/mol. The van der Waals surface area contributed by atoms with E-state index in [1.165, 1.54) is 9.80 Å². The molecule has 2 atom stereocenters. The molecule has 0 aromatic carbocycles. The molecule has 0 aliphatic carbocycles. The molecule has 0 radical (unpaired) electrons. The molecular formula is C16H32N2O4. The molecule has 0 aromatic rings. The Balaban J connectivity index is 5.23. The van der Waals surface area contributed by atoms with Gasteiger partial charge in [0.25, 0.3) is 11.8 Å². The number of aliphatic hydroxyl groups is 2. The Labute approximate surface area is 134 Å². The van der Waals surface area contributed by atoms with Crippen molar-refractivity contribution in [1.29, 1.82) is 0 Å². The molecule has 0 bridgehead atoms. The summed E-state index contributed by atoms with van der Waals surface area (Å²) in [5.74, 6) is -1.25. The summed E-state index contributed by atoms with van der Waals surface area (Å²) in [6.07, 6.45) is -3.51. The average molecular weight is 316 g/mol. The summed E-state index contributed by atoms with van der Waals surface area (Å²) in [4.78, 5) is 27.7. The van der Waals surface area contributed by atoms with Crippen molar-refractivity contribution in [3.8, 4) is 0 Å². The highest BCUT2D eigenvalue weighted by Crippen LogP contribution is 2.14. The summed E-state index contributed by atoms with van der Waals surface area (Å²) >= 11 is 0. The van der Waals surface area contributed by atoms with Crippen LogP contribution in [0.25, 0.3) is 0 Å². The summed E-state index contributed by atoms with van der Waals surface area (Å²) in [5.41, 5.74) is 0. The zero-order chi connectivity index (χ0) is 17.8. The molecule has 0 heterocycles. The van der Waals surface area contributed by atoms with Gasteiger partial charge in [0.1, 0.15) is 0 Å². The highest BCUT2D eigenvalue weighted by atomic mass is 16.3. The van der Waals surface area contributed by atoms with Crippen LogP contribution in [-0.4, -0.2) is 68.2 Å². The lowest BCUT2D eigenvalue weighted by atomic mass is 10.1. The molecule has 22 heavy (non-hydrogen) atoms. The second kappa shape index (κ2) is 8.48. The van der Waals surface area contributed by atoms with E-state index in [1.54, 1.807) is 0 Å². The number of hydrogen-bond acceptors (Lipinski definition) is 4. The maximum absolute atomic E-state index is 12.4. The van der Waals surface area contributed by atoms with Gasteiger partial charge in [-0.05, 0) is 55.4 Å². The van der Waals surface area contributed by atoms with Gasteiger partial charge >= 0.3 is 0 Å². The van der Waals surface area contributed by atoms with Crippen molar-refractivity contribution in [2.24, 2.45) is 0 Å². The SMILES string of the molecule is CC(C)N(C(=O)[C@@H](O)[C@H](O)C(=O)N(C(C)C)C(C)C)C(C)C. The van der Waals surface area contributed by atoms with Crippen molar-refractivity contribution in [1.82, 2.24) is 9.80 Å². The number of carbonyl (C=O) groups excluding carboxylic acids is 2. The minimum Gasteiger partial charge on any atom is -0.380 e. The Morgan fingerprint density at radius 1 is 0.591 bits per heavy atom. The lowest BCUT2D eigenvalue weighted by molar-refractivity contribution is -0.162. The van der Waals surface area contributed by atoms with E-state index < -0.39 is 24.0 Å². The van der Waals surface area contributed by atoms with Crippen LogP contribution < -0.4 is 0 Å². The molecule has 0 aliphatic rings. The molecule has 0 aliphatic heterocycles. The first kappa shape index (κ1) is 20.9. The molecule has 6 heteroatoms. The van der Waals surface area contributed by atoms with Crippen LogP contribution in [0.4, 0.5) is 0 Å². The predicted molar refractivity (Wildman–Crippen MR) is 86.2 cm³/mol. The van der Waals surface area contributed by atoms with E-state index in [2.05, 4.69) is 0 Å². The first-order valence-electron chi connectivity index (χ1n) is 7.93. The van der Waals surface area contributed by atoms with E-state index in [0.29, 0.717) is 0 Å². The van der Waals surface area contributed by atoms with Crippen LogP contribution in [0.5, 0.6) is 0 Å². The summed E-state index contributed by atoms with van der Waals surface area (Å²) in [5, 5.41) is 20.3. The lowest BCUT2D eigenvalue weighted by Gasteiger charge is -2.36. The summed E-state index contributed by atoms with van der Waals surface area (Å²) in [6.45, 7) is 14.6. The fraction of sp³-hybridized carbons (Fsp3) is 0.875. The van der Waals surface area contributed by atoms with E-state index in [4.69, 9.17) is 0 Å². The third kappa shape index (κ3) is 4.95. The van der Waals surface area contributed by atoms with E-state index in [0.717, 1.165) is 0 Å². The smallest absolute Gasteiger partial charge is 0.255 e. The molecule has 0 unspecified atom stereocenters. The summed E-state index contributed by atoms with van der Waals surface area (Å²) in [6, 6.07) is -0.516. The normalized spacial score (nSPS) is 14.6. The number of aliphatic hydroxyl groups excluding tert-OH is 2. The number of hydrogen-bond donors (Lipinski definition) is 2. The van der Waals surface area contributed by atoms with Crippen LogP contribution in [0.15, 0.2) is 0 Å². The standard InChI is InChI=1S/C16H32N2O4/c1-9(2)17(10(3)4)15(21)13(19)14(20)16(22)18(11(5)6)12(7)8/h9-14,19-20H,1-8H3/t13-,14-/m0/s1. The Morgan fingerprint density at radius 2 is 0.773 bits per heavy atom. The zero-order valence-electron chi connectivity index (χ0n) is 15.1. The largest absolute Gasteiger partial charge is 0.380 e. The molecule has 0 aromatic heterocycles. The molecule has 130 valence electrons. The highest BCUT2D eigenvalue weighted by molar-refractivity contribution is 5.91. The van der Waals surface area contributed by atoms with Gasteiger partial charge in [0.2, 0.25) is 0 Å². The van der Waals surface area contributed by atoms with Crippen molar-refractivity contribution in [2.45, 2.75) is 91.8 Å². The van der Waals surface area contributed by atoms with Crippen LogP contribution in [0.3, 0.4) is 0 Å². The number of nitrogens with zero attached hydrogens (tertiary/aromatic N) is 2. The third-order valence-corrected chi connectivity index (χ3v) is 3.54. The van der Waals surface area contributed by atoms with Gasteiger partial charge in [-0.25, -0.2) is 0 Å². The van der Waals surface area contributed by atoms with Crippen molar-refractivity contribution in [3.05, 3.63) is 0 Å². The van der Waals surface area contributed by atoms with Gasteiger partial charge in [-0.1, -0.05) is 0 Å². The Morgan fingerprint density at radius 3 is 0.909 bits per heavy atom. The fourth-order valence-electron chi connectivity index (χ4n) is 2.79. The minimum absolute atomic E-state index is 0.129. The molecule has 0 saturated heterocycles. The van der Waals surface area contributed by atoms with E-state index in [-0.39, 0.29) is 24.2 Å². The first-order chi connectivity index (χ1) is 9.93. The molecule has 0 spiro atoms. The van der Waals surface area contributed by atoms with E-state index in [9.17, 15) is 19.8 Å². The Bertz CT molecular complexity index is 328. The maximum Gasteiger partial charge on any atom is 0.255 e. The molecule has 6 nitrogen and oxygen atoms in total. The number of amides is 2. The zero-order valence-corrected chi connectivity index (χ0v) is 15.1. The van der Waals surface area contributed by atoms with Crippen LogP contribution in [0.2, 0.25) is 0 Å². The van der Waals surface area contributed by atoms with Gasteiger partial charge in [0.05, 0.1) is 0 Å². The Hall–Kier alpha value is -1.14. The maximum atomic E-state index is 12.4. The monoisotopic (exact) mass is 316 g/mol. The first-order valence-corrected chi connectivity index (χ1v) is 7.93. The molecule has 0 fully saturated rings. The third-order valence-electron chi connectivity index (χ3n) is 3.54. The minimum atomic E-state index is -1.75. The molecule has 2 amide bonds. The van der Waals surface area contributed by atoms with Crippen LogP contribution in [0.1, 0.15) is 55.4 Å². The van der Waals surface area contributed by atoms with Gasteiger partial charge < -0.3 is 20.0 Å². The highest BCUT2D eigenvalue weighted by Gasteiger charge is 2.38. The Kier molecular flexibility index (Phi) is 8.04. The van der Waals surface area contributed by atoms with Crippen LogP contribution in [0, 0.1) is 0 Å². The van der Waals surface area contributed by atoms with Gasteiger partial charge in [-0.3, -0.25) is 9.59 Å². The van der Waals surface area contributed by atoms with Gasteiger partial charge in [-0.15, -0.1) is 0 Å². The second-order valence-electron chi connectivity index (χ2n) is 6.76. The lowest BCUT2D eigenvalue weighted by Crippen LogP contribution is -2.56. The number of rotatable bonds is 7. The summed E-state index contributed by atoms with van der Waals surface area (Å²) in [7, 11) is 0. The van der Waals surface area contributed by atoms with Crippen molar-refractivity contribution in [3.63, 3.8) is 0 Å². The van der Waals surface area contributed by atoms with Gasteiger partial charge in [-0.2, -0.15) is 0 Å². The number of carbonyl (C=O) groups is 2.